The molecule has 64 heavy (non-hydrogen) atoms. The molecule has 11 aliphatic rings. The number of carbonyl (C=O) groups is 2. The predicted molar refractivity (Wildman–Crippen MR) is 228 cm³/mol. The molecule has 9 saturated heterocycles. The molecule has 23 atom stereocenters. The molecular formula is C50H70O14. The number of rotatable bonds is 3. The van der Waals surface area contributed by atoms with Gasteiger partial charge >= 0.3 is 5.97 Å². The van der Waals surface area contributed by atoms with Gasteiger partial charge in [0.25, 0.3) is 0 Å². The lowest BCUT2D eigenvalue weighted by molar-refractivity contribution is -0.356. The molecule has 0 amide bonds. The molecule has 11 aliphatic heterocycles. The van der Waals surface area contributed by atoms with Gasteiger partial charge in [-0.1, -0.05) is 25.7 Å². The second-order valence-corrected chi connectivity index (χ2v) is 22.7. The summed E-state index contributed by atoms with van der Waals surface area (Å²) in [5, 5.41) is 11.4. The second-order valence-electron chi connectivity index (χ2n) is 22.7. The van der Waals surface area contributed by atoms with Crippen molar-refractivity contribution in [2.45, 2.75) is 257 Å². The minimum atomic E-state index is -0.911. The zero-order valence-corrected chi connectivity index (χ0v) is 38.6. The molecule has 14 nitrogen and oxygen atoms in total. The van der Waals surface area contributed by atoms with Gasteiger partial charge in [-0.2, -0.15) is 0 Å². The monoisotopic (exact) mass is 894 g/mol. The lowest BCUT2D eigenvalue weighted by Crippen LogP contribution is -2.70. The van der Waals surface area contributed by atoms with Crippen molar-refractivity contribution in [3.63, 3.8) is 0 Å². The highest BCUT2D eigenvalue weighted by Gasteiger charge is 2.64. The first-order valence-electron chi connectivity index (χ1n) is 24.4. The number of ether oxygens (including phenoxy) is 11. The summed E-state index contributed by atoms with van der Waals surface area (Å²) in [5.41, 5.74) is -1.96. The molecular weight excluding hydrogens is 825 g/mol. The third-order valence-electron chi connectivity index (χ3n) is 17.8. The minimum Gasteiger partial charge on any atom is -0.456 e. The largest absolute Gasteiger partial charge is 0.456 e. The van der Waals surface area contributed by atoms with Crippen LogP contribution in [-0.4, -0.2) is 149 Å². The molecule has 1 N–H and O–H groups in total. The number of hydrogen-bond acceptors (Lipinski definition) is 14. The van der Waals surface area contributed by atoms with Crippen molar-refractivity contribution in [1.29, 1.82) is 0 Å². The van der Waals surface area contributed by atoms with Crippen LogP contribution in [0.15, 0.2) is 36.0 Å². The first kappa shape index (κ1) is 44.4. The molecule has 0 aliphatic carbocycles. The quantitative estimate of drug-likeness (QED) is 0.165. The molecule has 0 unspecified atom stereocenters. The Bertz CT molecular complexity index is 1940. The van der Waals surface area contributed by atoms with E-state index in [9.17, 15) is 14.7 Å². The SMILES string of the molecule is C=C(C=O)C[C@@H]1C[C@H](O)[C@@]2(C)O[C@@H]3C[C@H]4O[C@H]5C[C@]6(C)O[C@@]7(C)CC[C@@H]8O[C@H]9C[C@@]%10(C)O[C@@H]%11C(C)=CC(=O)O[C@@H]%11C[C@H]%10O[C@H]9C[C@@H](C)[C@@H]8O[C@H]7C[C@@H]6O[C@@]5(C)C/C=C\[C@H]4O[C@H]3C[C@H]2O1. The van der Waals surface area contributed by atoms with E-state index in [0.29, 0.717) is 63.4 Å². The number of aliphatic hydroxyl groups excluding tert-OH is 1. The topological polar surface area (TPSA) is 156 Å². The lowest BCUT2D eigenvalue weighted by Gasteiger charge is -2.60. The van der Waals surface area contributed by atoms with Gasteiger partial charge in [0.2, 0.25) is 0 Å². The van der Waals surface area contributed by atoms with Gasteiger partial charge in [0.15, 0.2) is 0 Å². The summed E-state index contributed by atoms with van der Waals surface area (Å²) < 4.78 is 75.6. The second kappa shape index (κ2) is 15.7. The van der Waals surface area contributed by atoms with E-state index in [-0.39, 0.29) is 110 Å². The number of carbonyl (C=O) groups excluding carboxylic acids is 2. The molecule has 0 radical (unpaired) electrons. The standard InChI is InChI=1S/C50H70O14/c1-25(24-51)14-28-17-37(52)50(8)41(54-28)19-33-34(61-50)18-32-29(55-33)10-9-12-46(4)42(58-32)23-49(7)40(62-46)21-39-47(5,64-49)13-11-30-44(60-39)26(2)15-31-36(56-30)22-48(6)38(57-31)20-35-45(63-48)27(3)16-43(53)59-35/h9-10,16,24,26,28-42,44-45,52H,1,11-15,17-23H2,2-8H3/b10-9-/t26-,28-,29-,30+,31+,32-,33+,34-,35-,36+,37+,38-,39+,40+,41-,42+,44+,45-,46+,47+,48-,49+,50-/m1/s1. The van der Waals surface area contributed by atoms with Crippen LogP contribution in [0, 0.1) is 5.92 Å². The van der Waals surface area contributed by atoms with Crippen molar-refractivity contribution in [1.82, 2.24) is 0 Å². The van der Waals surface area contributed by atoms with Gasteiger partial charge < -0.3 is 57.2 Å². The van der Waals surface area contributed by atoms with Crippen molar-refractivity contribution < 1.29 is 66.8 Å². The van der Waals surface area contributed by atoms with E-state index < -0.39 is 34.1 Å². The smallest absolute Gasteiger partial charge is 0.331 e. The predicted octanol–water partition coefficient (Wildman–Crippen LogP) is 5.47. The Morgan fingerprint density at radius 1 is 0.734 bits per heavy atom. The van der Waals surface area contributed by atoms with E-state index >= 15 is 0 Å². The van der Waals surface area contributed by atoms with Gasteiger partial charge in [-0.05, 0) is 84.3 Å². The Balaban J connectivity index is 0.776. The summed E-state index contributed by atoms with van der Waals surface area (Å²) in [5.74, 6) is -0.146. The fourth-order valence-electron chi connectivity index (χ4n) is 14.0. The molecule has 0 spiro atoms. The van der Waals surface area contributed by atoms with Crippen LogP contribution in [0.1, 0.15) is 126 Å². The van der Waals surface area contributed by atoms with Gasteiger partial charge in [-0.15, -0.1) is 0 Å². The van der Waals surface area contributed by atoms with Crippen LogP contribution in [0.3, 0.4) is 0 Å². The Labute approximate surface area is 377 Å². The van der Waals surface area contributed by atoms with Crippen molar-refractivity contribution in [3.05, 3.63) is 36.0 Å². The number of aldehydes is 1. The maximum atomic E-state index is 12.3. The highest BCUT2D eigenvalue weighted by molar-refractivity contribution is 5.84. The third-order valence-corrected chi connectivity index (χ3v) is 17.8. The number of aliphatic hydroxyl groups is 1. The average molecular weight is 895 g/mol. The maximum Gasteiger partial charge on any atom is 0.331 e. The Kier molecular flexibility index (Phi) is 10.9. The summed E-state index contributed by atoms with van der Waals surface area (Å²) >= 11 is 0. The van der Waals surface area contributed by atoms with Crippen LogP contribution in [0.25, 0.3) is 0 Å². The highest BCUT2D eigenvalue weighted by Crippen LogP contribution is 2.55. The highest BCUT2D eigenvalue weighted by atomic mass is 16.7. The van der Waals surface area contributed by atoms with Gasteiger partial charge in [0, 0.05) is 57.4 Å². The number of hydrogen-bond donors (Lipinski definition) is 1. The molecule has 14 heteroatoms. The average Bonchev–Trinajstić information content (AvgIpc) is 3.43. The van der Waals surface area contributed by atoms with Crippen LogP contribution < -0.4 is 0 Å². The molecule has 0 saturated carbocycles. The van der Waals surface area contributed by atoms with Crippen molar-refractivity contribution in [2.24, 2.45) is 5.92 Å². The minimum absolute atomic E-state index is 0.116. The zero-order valence-electron chi connectivity index (χ0n) is 38.6. The van der Waals surface area contributed by atoms with E-state index in [1.165, 1.54) is 0 Å². The summed E-state index contributed by atoms with van der Waals surface area (Å²) in [6.45, 7) is 18.7. The van der Waals surface area contributed by atoms with E-state index in [4.69, 9.17) is 52.1 Å². The van der Waals surface area contributed by atoms with Crippen LogP contribution in [0.5, 0.6) is 0 Å². The Morgan fingerprint density at radius 2 is 1.50 bits per heavy atom. The van der Waals surface area contributed by atoms with Crippen LogP contribution in [0.4, 0.5) is 0 Å². The van der Waals surface area contributed by atoms with Crippen molar-refractivity contribution >= 4 is 12.3 Å². The van der Waals surface area contributed by atoms with Crippen molar-refractivity contribution in [2.75, 3.05) is 0 Å². The van der Waals surface area contributed by atoms with Gasteiger partial charge in [0.05, 0.1) is 108 Å². The number of esters is 1. The van der Waals surface area contributed by atoms with Crippen LogP contribution >= 0.6 is 0 Å². The van der Waals surface area contributed by atoms with Gasteiger partial charge in [0.1, 0.15) is 30.2 Å². The molecule has 0 aromatic rings. The molecule has 11 heterocycles. The molecule has 0 aromatic heterocycles. The molecule has 11 rings (SSSR count). The van der Waals surface area contributed by atoms with E-state index in [2.05, 4.69) is 53.3 Å². The van der Waals surface area contributed by atoms with E-state index in [0.717, 1.165) is 31.1 Å². The third kappa shape index (κ3) is 7.38. The van der Waals surface area contributed by atoms with Gasteiger partial charge in [-0.3, -0.25) is 4.79 Å². The van der Waals surface area contributed by atoms with E-state index in [1.54, 1.807) is 6.08 Å². The first-order valence-corrected chi connectivity index (χ1v) is 24.4. The molecule has 9 fully saturated rings. The lowest BCUT2D eigenvalue weighted by atomic mass is 9.72. The fraction of sp³-hybridized carbons (Fsp3) is 0.840. The Morgan fingerprint density at radius 3 is 2.31 bits per heavy atom. The first-order chi connectivity index (χ1) is 30.4. The molecule has 354 valence electrons. The zero-order chi connectivity index (χ0) is 44.7. The molecule has 0 aromatic carbocycles. The van der Waals surface area contributed by atoms with Crippen molar-refractivity contribution in [3.8, 4) is 0 Å². The molecule has 0 bridgehead atoms. The summed E-state index contributed by atoms with van der Waals surface area (Å²) in [7, 11) is 0. The van der Waals surface area contributed by atoms with Gasteiger partial charge in [-0.25, -0.2) is 4.79 Å². The van der Waals surface area contributed by atoms with E-state index in [1.807, 2.05) is 13.8 Å². The summed E-state index contributed by atoms with van der Waals surface area (Å²) in [6.07, 6.45) is 9.57. The maximum absolute atomic E-state index is 12.3. The fourth-order valence-corrected chi connectivity index (χ4v) is 14.0. The summed E-state index contributed by atoms with van der Waals surface area (Å²) in [4.78, 5) is 23.6. The Hall–Kier alpha value is -2.08. The summed E-state index contributed by atoms with van der Waals surface area (Å²) in [6, 6.07) is 0. The van der Waals surface area contributed by atoms with Crippen LogP contribution in [0.2, 0.25) is 0 Å². The van der Waals surface area contributed by atoms with Crippen LogP contribution in [-0.2, 0) is 61.7 Å². The number of fused-ring (bicyclic) bond motifs is 10. The normalized spacial score (nSPS) is 56.9.